The van der Waals surface area contributed by atoms with Gasteiger partial charge in [-0.1, -0.05) is 0 Å². The zero-order valence-corrected chi connectivity index (χ0v) is 12.2. The fourth-order valence-electron chi connectivity index (χ4n) is 2.96. The first-order chi connectivity index (χ1) is 9.70. The van der Waals surface area contributed by atoms with Gasteiger partial charge < -0.3 is 20.3 Å². The van der Waals surface area contributed by atoms with E-state index in [0.29, 0.717) is 13.2 Å². The summed E-state index contributed by atoms with van der Waals surface area (Å²) in [5, 5.41) is 6.11. The zero-order chi connectivity index (χ0) is 14.4. The fourth-order valence-corrected chi connectivity index (χ4v) is 2.96. The van der Waals surface area contributed by atoms with E-state index in [9.17, 15) is 9.59 Å². The number of carbonyl (C=O) groups excluding carboxylic acids is 2. The SMILES string of the molecule is CCOC(=O)NC1CCCN(C(=O)[C@H]2CCCNC2)C1. The van der Waals surface area contributed by atoms with E-state index in [1.807, 2.05) is 4.90 Å². The molecule has 2 heterocycles. The van der Waals surface area contributed by atoms with Gasteiger partial charge in [0, 0.05) is 25.7 Å². The number of nitrogens with one attached hydrogen (secondary N) is 2. The summed E-state index contributed by atoms with van der Waals surface area (Å²) in [5.41, 5.74) is 0. The van der Waals surface area contributed by atoms with Crippen LogP contribution >= 0.6 is 0 Å². The summed E-state index contributed by atoms with van der Waals surface area (Å²) in [4.78, 5) is 25.8. The van der Waals surface area contributed by atoms with Crippen molar-refractivity contribution >= 4 is 12.0 Å². The highest BCUT2D eigenvalue weighted by Crippen LogP contribution is 2.17. The molecule has 0 aromatic carbocycles. The van der Waals surface area contributed by atoms with E-state index in [0.717, 1.165) is 45.3 Å². The maximum atomic E-state index is 12.5. The molecule has 2 amide bonds. The standard InChI is InChI=1S/C14H25N3O3/c1-2-20-14(19)16-12-6-4-8-17(10-12)13(18)11-5-3-7-15-9-11/h11-12,15H,2-10H2,1H3,(H,16,19)/t11-,12?/m0/s1. The summed E-state index contributed by atoms with van der Waals surface area (Å²) in [6.45, 7) is 5.36. The van der Waals surface area contributed by atoms with Crippen molar-refractivity contribution in [3.8, 4) is 0 Å². The maximum Gasteiger partial charge on any atom is 0.407 e. The molecule has 114 valence electrons. The molecule has 0 aromatic rings. The first kappa shape index (κ1) is 15.1. The molecule has 2 rings (SSSR count). The van der Waals surface area contributed by atoms with Crippen molar-refractivity contribution in [3.63, 3.8) is 0 Å². The minimum Gasteiger partial charge on any atom is -0.450 e. The van der Waals surface area contributed by atoms with Crippen LogP contribution in [0.2, 0.25) is 0 Å². The van der Waals surface area contributed by atoms with E-state index in [-0.39, 0.29) is 24.0 Å². The molecular formula is C14H25N3O3. The Morgan fingerprint density at radius 3 is 2.90 bits per heavy atom. The molecule has 2 saturated heterocycles. The van der Waals surface area contributed by atoms with Crippen LogP contribution in [0.25, 0.3) is 0 Å². The molecule has 6 nitrogen and oxygen atoms in total. The van der Waals surface area contributed by atoms with Gasteiger partial charge in [0.25, 0.3) is 0 Å². The van der Waals surface area contributed by atoms with E-state index in [1.165, 1.54) is 0 Å². The topological polar surface area (TPSA) is 70.7 Å². The number of amides is 2. The normalized spacial score (nSPS) is 26.9. The zero-order valence-electron chi connectivity index (χ0n) is 12.2. The highest BCUT2D eigenvalue weighted by atomic mass is 16.5. The van der Waals surface area contributed by atoms with Gasteiger partial charge in [0.2, 0.25) is 5.91 Å². The van der Waals surface area contributed by atoms with Gasteiger partial charge in [0.05, 0.1) is 12.5 Å². The molecule has 2 fully saturated rings. The number of rotatable bonds is 3. The third-order valence-corrected chi connectivity index (χ3v) is 3.98. The molecular weight excluding hydrogens is 258 g/mol. The van der Waals surface area contributed by atoms with Gasteiger partial charge in [0.1, 0.15) is 0 Å². The van der Waals surface area contributed by atoms with Crippen molar-refractivity contribution in [2.45, 2.75) is 38.6 Å². The van der Waals surface area contributed by atoms with E-state index < -0.39 is 0 Å². The molecule has 6 heteroatoms. The summed E-state index contributed by atoms with van der Waals surface area (Å²) >= 11 is 0. The lowest BCUT2D eigenvalue weighted by Crippen LogP contribution is -2.52. The van der Waals surface area contributed by atoms with Crippen LogP contribution in [0.4, 0.5) is 4.79 Å². The van der Waals surface area contributed by atoms with Crippen LogP contribution in [0.5, 0.6) is 0 Å². The Morgan fingerprint density at radius 1 is 1.35 bits per heavy atom. The lowest BCUT2D eigenvalue weighted by molar-refractivity contribution is -0.137. The first-order valence-electron chi connectivity index (χ1n) is 7.63. The maximum absolute atomic E-state index is 12.5. The molecule has 0 radical (unpaired) electrons. The van der Waals surface area contributed by atoms with Crippen LogP contribution in [0.1, 0.15) is 32.6 Å². The molecule has 20 heavy (non-hydrogen) atoms. The molecule has 2 aliphatic rings. The van der Waals surface area contributed by atoms with Gasteiger partial charge in [-0.3, -0.25) is 4.79 Å². The lowest BCUT2D eigenvalue weighted by Gasteiger charge is -2.36. The van der Waals surface area contributed by atoms with Crippen molar-refractivity contribution < 1.29 is 14.3 Å². The molecule has 0 aromatic heterocycles. The van der Waals surface area contributed by atoms with Gasteiger partial charge in [-0.25, -0.2) is 4.79 Å². The third-order valence-electron chi connectivity index (χ3n) is 3.98. The molecule has 2 aliphatic heterocycles. The Labute approximate surface area is 120 Å². The second kappa shape index (κ2) is 7.47. The fraction of sp³-hybridized carbons (Fsp3) is 0.857. The van der Waals surface area contributed by atoms with Gasteiger partial charge in [-0.15, -0.1) is 0 Å². The van der Waals surface area contributed by atoms with Crippen molar-refractivity contribution in [3.05, 3.63) is 0 Å². The molecule has 1 unspecified atom stereocenters. The van der Waals surface area contributed by atoms with Crippen LogP contribution in [0.3, 0.4) is 0 Å². The van der Waals surface area contributed by atoms with E-state index in [2.05, 4.69) is 10.6 Å². The summed E-state index contributed by atoms with van der Waals surface area (Å²) in [6.07, 6.45) is 3.49. The summed E-state index contributed by atoms with van der Waals surface area (Å²) in [5.74, 6) is 0.331. The molecule has 2 N–H and O–H groups in total. The number of carbonyl (C=O) groups is 2. The minimum atomic E-state index is -0.383. The Bertz CT molecular complexity index is 343. The van der Waals surface area contributed by atoms with Gasteiger partial charge >= 0.3 is 6.09 Å². The third kappa shape index (κ3) is 4.10. The molecule has 0 spiro atoms. The van der Waals surface area contributed by atoms with Crippen LogP contribution in [0, 0.1) is 5.92 Å². The largest absolute Gasteiger partial charge is 0.450 e. The van der Waals surface area contributed by atoms with E-state index in [4.69, 9.17) is 4.74 Å². The van der Waals surface area contributed by atoms with E-state index >= 15 is 0 Å². The van der Waals surface area contributed by atoms with Crippen LogP contribution < -0.4 is 10.6 Å². The Morgan fingerprint density at radius 2 is 2.20 bits per heavy atom. The van der Waals surface area contributed by atoms with E-state index in [1.54, 1.807) is 6.92 Å². The second-order valence-electron chi connectivity index (χ2n) is 5.53. The second-order valence-corrected chi connectivity index (χ2v) is 5.53. The molecule has 0 bridgehead atoms. The predicted octanol–water partition coefficient (Wildman–Crippen LogP) is 0.723. The number of piperidine rings is 2. The van der Waals surface area contributed by atoms with Crippen LogP contribution in [0.15, 0.2) is 0 Å². The number of nitrogens with zero attached hydrogens (tertiary/aromatic N) is 1. The average Bonchev–Trinajstić information content (AvgIpc) is 2.48. The number of hydrogen-bond donors (Lipinski definition) is 2. The Hall–Kier alpha value is -1.30. The van der Waals surface area contributed by atoms with Gasteiger partial charge in [-0.05, 0) is 39.2 Å². The van der Waals surface area contributed by atoms with Crippen LogP contribution in [-0.4, -0.2) is 55.7 Å². The molecule has 2 atom stereocenters. The van der Waals surface area contributed by atoms with Crippen LogP contribution in [-0.2, 0) is 9.53 Å². The first-order valence-corrected chi connectivity index (χ1v) is 7.63. The summed E-state index contributed by atoms with van der Waals surface area (Å²) in [6, 6.07) is 0.0169. The van der Waals surface area contributed by atoms with Gasteiger partial charge in [0.15, 0.2) is 0 Å². The Kier molecular flexibility index (Phi) is 5.64. The highest BCUT2D eigenvalue weighted by Gasteiger charge is 2.30. The van der Waals surface area contributed by atoms with Crippen molar-refractivity contribution in [2.24, 2.45) is 5.92 Å². The van der Waals surface area contributed by atoms with Crippen molar-refractivity contribution in [1.29, 1.82) is 0 Å². The lowest BCUT2D eigenvalue weighted by atomic mass is 9.96. The smallest absolute Gasteiger partial charge is 0.407 e. The van der Waals surface area contributed by atoms with Gasteiger partial charge in [-0.2, -0.15) is 0 Å². The summed E-state index contributed by atoms with van der Waals surface area (Å²) < 4.78 is 4.89. The monoisotopic (exact) mass is 283 g/mol. The molecule has 0 saturated carbocycles. The number of hydrogen-bond acceptors (Lipinski definition) is 4. The average molecular weight is 283 g/mol. The molecule has 0 aliphatic carbocycles. The minimum absolute atomic E-state index is 0.0169. The summed E-state index contributed by atoms with van der Waals surface area (Å²) in [7, 11) is 0. The number of alkyl carbamates (subject to hydrolysis) is 1. The highest BCUT2D eigenvalue weighted by molar-refractivity contribution is 5.79. The number of ether oxygens (including phenoxy) is 1. The van der Waals surface area contributed by atoms with Crippen molar-refractivity contribution in [1.82, 2.24) is 15.5 Å². The predicted molar refractivity (Wildman–Crippen MR) is 75.4 cm³/mol. The van der Waals surface area contributed by atoms with Crippen molar-refractivity contribution in [2.75, 3.05) is 32.8 Å². The number of likely N-dealkylation sites (tertiary alicyclic amines) is 1. The quantitative estimate of drug-likeness (QED) is 0.801. The Balaban J connectivity index is 1.82.